The summed E-state index contributed by atoms with van der Waals surface area (Å²) < 4.78 is 5.25. The fourth-order valence-electron chi connectivity index (χ4n) is 2.43. The summed E-state index contributed by atoms with van der Waals surface area (Å²) in [4.78, 5) is 41.9. The van der Waals surface area contributed by atoms with Crippen LogP contribution in [-0.2, 0) is 19.2 Å². The molecule has 27 heavy (non-hydrogen) atoms. The maximum Gasteiger partial charge on any atom is 0.408 e. The Labute approximate surface area is 163 Å². The van der Waals surface area contributed by atoms with Crippen molar-refractivity contribution < 1.29 is 24.0 Å². The van der Waals surface area contributed by atoms with Crippen LogP contribution in [0, 0.1) is 11.8 Å². The molecule has 0 aromatic rings. The van der Waals surface area contributed by atoms with E-state index in [2.05, 4.69) is 16.1 Å². The van der Waals surface area contributed by atoms with E-state index >= 15 is 0 Å². The highest BCUT2D eigenvalue weighted by Gasteiger charge is 2.29. The summed E-state index contributed by atoms with van der Waals surface area (Å²) in [5, 5.41) is 5.40. The molecule has 0 aromatic carbocycles. The molecule has 0 aliphatic carbocycles. The quantitative estimate of drug-likeness (QED) is 0.469. The molecule has 0 radical (unpaired) electrons. The van der Waals surface area contributed by atoms with E-state index in [-0.39, 0.29) is 24.2 Å². The number of nitrogens with one attached hydrogen (secondary N) is 3. The molecular formula is C19H37N3O5. The van der Waals surface area contributed by atoms with Crippen LogP contribution in [0.5, 0.6) is 0 Å². The lowest BCUT2D eigenvalue weighted by Gasteiger charge is -2.26. The van der Waals surface area contributed by atoms with E-state index < -0.39 is 29.7 Å². The Morgan fingerprint density at radius 3 is 1.85 bits per heavy atom. The van der Waals surface area contributed by atoms with Gasteiger partial charge in [0.05, 0.1) is 19.7 Å². The van der Waals surface area contributed by atoms with Crippen LogP contribution < -0.4 is 16.1 Å². The lowest BCUT2D eigenvalue weighted by Crippen LogP contribution is -2.54. The van der Waals surface area contributed by atoms with E-state index in [0.717, 1.165) is 0 Å². The molecule has 0 heterocycles. The number of alkyl carbamates (subject to hydrolysis) is 1. The van der Waals surface area contributed by atoms with Crippen molar-refractivity contribution in [3.8, 4) is 0 Å². The van der Waals surface area contributed by atoms with Crippen LogP contribution in [-0.4, -0.2) is 49.1 Å². The number of Topliss-reactive ketones (excluding diaryl/α,β-unsaturated/α-hetero) is 1. The Balaban J connectivity index is 5.13. The molecule has 8 nitrogen and oxygen atoms in total. The predicted octanol–water partition coefficient (Wildman–Crippen LogP) is 2.18. The molecule has 8 heteroatoms. The Kier molecular flexibility index (Phi) is 11.2. The number of hydrogen-bond acceptors (Lipinski definition) is 6. The minimum absolute atomic E-state index is 0.0114. The van der Waals surface area contributed by atoms with E-state index in [1.54, 1.807) is 20.8 Å². The van der Waals surface area contributed by atoms with Crippen molar-refractivity contribution in [2.75, 3.05) is 13.7 Å². The smallest absolute Gasteiger partial charge is 0.408 e. The van der Waals surface area contributed by atoms with E-state index in [1.165, 1.54) is 7.11 Å². The van der Waals surface area contributed by atoms with Crippen LogP contribution in [0.4, 0.5) is 4.79 Å². The average molecular weight is 388 g/mol. The number of ketones is 1. The summed E-state index contributed by atoms with van der Waals surface area (Å²) in [5.41, 5.74) is 1.84. The Hall–Kier alpha value is -1.67. The third kappa shape index (κ3) is 12.4. The number of amides is 2. The van der Waals surface area contributed by atoms with Crippen LogP contribution in [0.1, 0.15) is 61.3 Å². The third-order valence-corrected chi connectivity index (χ3v) is 3.52. The maximum atomic E-state index is 12.8. The zero-order valence-corrected chi connectivity index (χ0v) is 18.0. The summed E-state index contributed by atoms with van der Waals surface area (Å²) in [5.74, 6) is -0.195. The second-order valence-corrected chi connectivity index (χ2v) is 8.51. The largest absolute Gasteiger partial charge is 0.444 e. The summed E-state index contributed by atoms with van der Waals surface area (Å²) in [6.45, 7) is 13.1. The molecule has 2 atom stereocenters. The number of hydroxylamine groups is 1. The molecule has 0 fully saturated rings. The van der Waals surface area contributed by atoms with Crippen molar-refractivity contribution in [2.24, 2.45) is 11.8 Å². The van der Waals surface area contributed by atoms with Gasteiger partial charge in [-0.05, 0) is 45.4 Å². The van der Waals surface area contributed by atoms with Crippen molar-refractivity contribution in [2.45, 2.75) is 79.0 Å². The SMILES string of the molecule is CONCC(=O)[C@H](CC(C)C)NC(=O)[C@H](CC(C)C)NC(=O)OC(C)(C)C. The molecule has 0 saturated carbocycles. The van der Waals surface area contributed by atoms with Gasteiger partial charge in [0.2, 0.25) is 5.91 Å². The van der Waals surface area contributed by atoms with Gasteiger partial charge in [0.15, 0.2) is 5.78 Å². The molecule has 0 aromatic heterocycles. The van der Waals surface area contributed by atoms with Gasteiger partial charge in [0, 0.05) is 0 Å². The Bertz CT molecular complexity index is 486. The molecule has 0 aliphatic heterocycles. The van der Waals surface area contributed by atoms with Crippen LogP contribution in [0.15, 0.2) is 0 Å². The van der Waals surface area contributed by atoms with E-state index in [9.17, 15) is 14.4 Å². The topological polar surface area (TPSA) is 106 Å². The number of carbonyl (C=O) groups excluding carboxylic acids is 3. The first-order valence-corrected chi connectivity index (χ1v) is 9.44. The van der Waals surface area contributed by atoms with Crippen LogP contribution in [0.3, 0.4) is 0 Å². The number of ether oxygens (including phenoxy) is 1. The third-order valence-electron chi connectivity index (χ3n) is 3.52. The second kappa shape index (κ2) is 11.9. The highest BCUT2D eigenvalue weighted by Crippen LogP contribution is 2.11. The zero-order chi connectivity index (χ0) is 21.2. The number of rotatable bonds is 11. The molecule has 3 N–H and O–H groups in total. The second-order valence-electron chi connectivity index (χ2n) is 8.51. The molecule has 0 saturated heterocycles. The van der Waals surface area contributed by atoms with Gasteiger partial charge in [0.25, 0.3) is 0 Å². The molecule has 0 bridgehead atoms. The molecule has 158 valence electrons. The van der Waals surface area contributed by atoms with Gasteiger partial charge >= 0.3 is 6.09 Å². The lowest BCUT2D eigenvalue weighted by molar-refractivity contribution is -0.130. The summed E-state index contributed by atoms with van der Waals surface area (Å²) >= 11 is 0. The van der Waals surface area contributed by atoms with E-state index in [4.69, 9.17) is 9.57 Å². The van der Waals surface area contributed by atoms with Crippen LogP contribution in [0.2, 0.25) is 0 Å². The summed E-state index contributed by atoms with van der Waals surface area (Å²) in [6, 6.07) is -1.44. The van der Waals surface area contributed by atoms with Gasteiger partial charge < -0.3 is 20.2 Å². The number of hydrogen-bond donors (Lipinski definition) is 3. The van der Waals surface area contributed by atoms with Crippen molar-refractivity contribution in [1.29, 1.82) is 0 Å². The number of carbonyl (C=O) groups is 3. The van der Waals surface area contributed by atoms with Gasteiger partial charge in [-0.3, -0.25) is 9.59 Å². The fraction of sp³-hybridized carbons (Fsp3) is 0.842. The normalized spacial score (nSPS) is 14.0. The minimum Gasteiger partial charge on any atom is -0.444 e. The predicted molar refractivity (Wildman–Crippen MR) is 104 cm³/mol. The lowest BCUT2D eigenvalue weighted by atomic mass is 9.98. The Morgan fingerprint density at radius 2 is 1.41 bits per heavy atom. The summed E-state index contributed by atoms with van der Waals surface area (Å²) in [7, 11) is 1.42. The molecule has 0 unspecified atom stereocenters. The molecule has 0 spiro atoms. The van der Waals surface area contributed by atoms with Gasteiger partial charge in [-0.1, -0.05) is 27.7 Å². The highest BCUT2D eigenvalue weighted by atomic mass is 16.6. The van der Waals surface area contributed by atoms with Gasteiger partial charge in [-0.25, -0.2) is 4.79 Å². The van der Waals surface area contributed by atoms with Crippen molar-refractivity contribution in [1.82, 2.24) is 16.1 Å². The van der Waals surface area contributed by atoms with E-state index in [1.807, 2.05) is 27.7 Å². The zero-order valence-electron chi connectivity index (χ0n) is 18.0. The molecular weight excluding hydrogens is 350 g/mol. The van der Waals surface area contributed by atoms with Gasteiger partial charge in [-0.15, -0.1) is 0 Å². The fourth-order valence-corrected chi connectivity index (χ4v) is 2.43. The summed E-state index contributed by atoms with van der Waals surface area (Å²) in [6.07, 6.45) is 0.275. The first kappa shape index (κ1) is 25.3. The average Bonchev–Trinajstić information content (AvgIpc) is 2.48. The van der Waals surface area contributed by atoms with Crippen molar-refractivity contribution in [3.63, 3.8) is 0 Å². The van der Waals surface area contributed by atoms with Gasteiger partial charge in [-0.2, -0.15) is 5.48 Å². The first-order valence-electron chi connectivity index (χ1n) is 9.44. The highest BCUT2D eigenvalue weighted by molar-refractivity contribution is 5.93. The van der Waals surface area contributed by atoms with Crippen LogP contribution in [0.25, 0.3) is 0 Å². The van der Waals surface area contributed by atoms with E-state index in [0.29, 0.717) is 12.8 Å². The maximum absolute atomic E-state index is 12.8. The Morgan fingerprint density at radius 1 is 0.889 bits per heavy atom. The first-order chi connectivity index (χ1) is 12.4. The molecule has 2 amide bonds. The molecule has 0 rings (SSSR count). The van der Waals surface area contributed by atoms with Crippen molar-refractivity contribution >= 4 is 17.8 Å². The van der Waals surface area contributed by atoms with Crippen molar-refractivity contribution in [3.05, 3.63) is 0 Å². The van der Waals surface area contributed by atoms with Gasteiger partial charge in [0.1, 0.15) is 11.6 Å². The molecule has 0 aliphatic rings. The minimum atomic E-state index is -0.780. The van der Waals surface area contributed by atoms with Crippen LogP contribution >= 0.6 is 0 Å². The standard InChI is InChI=1S/C19H37N3O5/c1-12(2)9-14(16(23)11-20-26-8)21-17(24)15(10-13(3)4)22-18(25)27-19(5,6)7/h12-15,20H,9-11H2,1-8H3,(H,21,24)(H,22,25)/t14-,15-/m0/s1. The monoisotopic (exact) mass is 387 g/mol.